The van der Waals surface area contributed by atoms with Crippen molar-refractivity contribution in [3.05, 3.63) is 35.7 Å². The number of piperidine rings is 3. The summed E-state index contributed by atoms with van der Waals surface area (Å²) in [6, 6.07) is 7.90. The molecule has 0 saturated carbocycles. The third-order valence-electron chi connectivity index (χ3n) is 5.50. The quantitative estimate of drug-likeness (QED) is 0.790. The molecule has 2 atom stereocenters. The van der Waals surface area contributed by atoms with Gasteiger partial charge in [0.25, 0.3) is 17.0 Å². The Kier molecular flexibility index (Phi) is 5.01. The minimum Gasteiger partial charge on any atom is -0.408 e. The number of hydrogen-bond donors (Lipinski definition) is 1. The van der Waals surface area contributed by atoms with Gasteiger partial charge < -0.3 is 9.73 Å². The van der Waals surface area contributed by atoms with Crippen molar-refractivity contribution in [1.82, 2.24) is 20.4 Å². The fraction of sp³-hybridized carbons (Fsp3) is 0.474. The molecular formula is C19H22N4O3S. The van der Waals surface area contributed by atoms with Gasteiger partial charge in [0.05, 0.1) is 0 Å². The summed E-state index contributed by atoms with van der Waals surface area (Å²) in [7, 11) is 0. The van der Waals surface area contributed by atoms with Gasteiger partial charge in [-0.2, -0.15) is 0 Å². The number of aromatic nitrogens is 2. The van der Waals surface area contributed by atoms with Crippen molar-refractivity contribution in [2.24, 2.45) is 5.92 Å². The number of carbonyl (C=O) groups excluding carboxylic acids is 2. The molecule has 4 heterocycles. The van der Waals surface area contributed by atoms with E-state index >= 15 is 0 Å². The van der Waals surface area contributed by atoms with E-state index in [1.165, 1.54) is 18.7 Å². The first kappa shape index (κ1) is 18.2. The number of Topliss-reactive ketones (excluding diaryl/α,β-unsaturated/α-hetero) is 1. The lowest BCUT2D eigenvalue weighted by Crippen LogP contribution is -2.62. The Bertz CT molecular complexity index is 841. The Morgan fingerprint density at radius 3 is 2.48 bits per heavy atom. The van der Waals surface area contributed by atoms with Crippen LogP contribution >= 0.6 is 11.8 Å². The Morgan fingerprint density at radius 1 is 1.19 bits per heavy atom. The van der Waals surface area contributed by atoms with Crippen LogP contribution < -0.4 is 5.32 Å². The van der Waals surface area contributed by atoms with E-state index in [1.54, 1.807) is 12.1 Å². The largest absolute Gasteiger partial charge is 0.408 e. The fourth-order valence-electron chi connectivity index (χ4n) is 3.95. The first-order valence-corrected chi connectivity index (χ1v) is 10.00. The Hall–Kier alpha value is -2.19. The van der Waals surface area contributed by atoms with Crippen molar-refractivity contribution in [2.45, 2.75) is 48.9 Å². The summed E-state index contributed by atoms with van der Waals surface area (Å²) in [6.45, 7) is 5.87. The number of fused-ring (bicyclic) bond motifs is 3. The maximum absolute atomic E-state index is 12.7. The highest BCUT2D eigenvalue weighted by atomic mass is 32.2. The van der Waals surface area contributed by atoms with Gasteiger partial charge in [0, 0.05) is 29.5 Å². The predicted molar refractivity (Wildman–Crippen MR) is 99.9 cm³/mol. The van der Waals surface area contributed by atoms with Crippen molar-refractivity contribution in [1.29, 1.82) is 0 Å². The molecule has 3 fully saturated rings. The van der Waals surface area contributed by atoms with Crippen LogP contribution in [0, 0.1) is 5.92 Å². The number of ketones is 1. The zero-order chi connectivity index (χ0) is 19.0. The molecule has 2 bridgehead atoms. The van der Waals surface area contributed by atoms with Crippen molar-refractivity contribution < 1.29 is 14.0 Å². The van der Waals surface area contributed by atoms with Crippen LogP contribution in [0.4, 0.5) is 0 Å². The van der Waals surface area contributed by atoms with E-state index in [2.05, 4.69) is 27.3 Å². The molecule has 1 aromatic carbocycles. The predicted octanol–water partition coefficient (Wildman–Crippen LogP) is 2.64. The molecule has 2 aromatic rings. The molecule has 8 heteroatoms. The summed E-state index contributed by atoms with van der Waals surface area (Å²) in [5, 5.41) is 11.1. The maximum atomic E-state index is 12.7. The molecule has 0 unspecified atom stereocenters. The van der Waals surface area contributed by atoms with Crippen LogP contribution in [0.25, 0.3) is 0 Å². The van der Waals surface area contributed by atoms with Gasteiger partial charge in [0.1, 0.15) is 0 Å². The van der Waals surface area contributed by atoms with E-state index < -0.39 is 0 Å². The minimum absolute atomic E-state index is 0.000128. The van der Waals surface area contributed by atoms with E-state index in [9.17, 15) is 9.59 Å². The standard InChI is InChI=1S/C19H22N4O3S/c1-11-16(13-7-9-23(11)10-8-13)20-17(25)14-3-5-15(6-4-14)27-19-22-21-18(26-19)12(2)24/h3-6,11,13,16H,7-10H2,1-2H3,(H,20,25)/t11-,16-/m0/s1. The van der Waals surface area contributed by atoms with E-state index in [1.807, 2.05) is 12.1 Å². The monoisotopic (exact) mass is 386 g/mol. The average Bonchev–Trinajstić information content (AvgIpc) is 3.14. The first-order chi connectivity index (χ1) is 13.0. The summed E-state index contributed by atoms with van der Waals surface area (Å²) in [5.74, 6) is 0.286. The molecule has 0 spiro atoms. The van der Waals surface area contributed by atoms with Gasteiger partial charge in [0.15, 0.2) is 0 Å². The third kappa shape index (κ3) is 3.77. The number of amides is 1. The topological polar surface area (TPSA) is 88.3 Å². The van der Waals surface area contributed by atoms with Crippen molar-refractivity contribution >= 4 is 23.5 Å². The molecule has 0 aliphatic carbocycles. The lowest BCUT2D eigenvalue weighted by molar-refractivity contribution is 0.0217. The van der Waals surface area contributed by atoms with Crippen LogP contribution in [0.1, 0.15) is 47.7 Å². The van der Waals surface area contributed by atoms with Crippen molar-refractivity contribution in [3.63, 3.8) is 0 Å². The molecule has 3 aliphatic heterocycles. The summed E-state index contributed by atoms with van der Waals surface area (Å²) >= 11 is 1.26. The molecule has 1 N–H and O–H groups in total. The zero-order valence-electron chi connectivity index (χ0n) is 15.3. The van der Waals surface area contributed by atoms with Crippen LogP contribution in [0.2, 0.25) is 0 Å². The van der Waals surface area contributed by atoms with Gasteiger partial charge in [-0.05, 0) is 74.8 Å². The second-order valence-electron chi connectivity index (χ2n) is 7.17. The van der Waals surface area contributed by atoms with Gasteiger partial charge in [-0.25, -0.2) is 0 Å². The Balaban J connectivity index is 1.39. The zero-order valence-corrected chi connectivity index (χ0v) is 16.2. The number of carbonyl (C=O) groups is 2. The number of rotatable bonds is 5. The third-order valence-corrected chi connectivity index (χ3v) is 6.35. The SMILES string of the molecule is CC(=O)c1nnc(Sc2ccc(C(=O)N[C@@H]3C4CCN(CC4)[C@H]3C)cc2)o1. The van der Waals surface area contributed by atoms with Gasteiger partial charge in [-0.3, -0.25) is 14.5 Å². The van der Waals surface area contributed by atoms with Crippen LogP contribution in [0.5, 0.6) is 0 Å². The first-order valence-electron chi connectivity index (χ1n) is 9.18. The van der Waals surface area contributed by atoms with Gasteiger partial charge >= 0.3 is 0 Å². The number of nitrogens with one attached hydrogen (secondary N) is 1. The van der Waals surface area contributed by atoms with Crippen LogP contribution in [-0.2, 0) is 0 Å². The molecule has 3 aliphatic rings. The lowest BCUT2D eigenvalue weighted by Gasteiger charge is -2.49. The second kappa shape index (κ2) is 7.44. The highest BCUT2D eigenvalue weighted by Crippen LogP contribution is 2.32. The Morgan fingerprint density at radius 2 is 1.89 bits per heavy atom. The van der Waals surface area contributed by atoms with E-state index in [0.29, 0.717) is 22.7 Å². The minimum atomic E-state index is -0.261. The number of hydrogen-bond acceptors (Lipinski definition) is 7. The van der Waals surface area contributed by atoms with Crippen molar-refractivity contribution in [3.8, 4) is 0 Å². The van der Waals surface area contributed by atoms with Crippen LogP contribution in [0.15, 0.2) is 38.8 Å². The molecule has 142 valence electrons. The molecule has 1 amide bonds. The second-order valence-corrected chi connectivity index (χ2v) is 8.19. The highest BCUT2D eigenvalue weighted by molar-refractivity contribution is 7.99. The maximum Gasteiger partial charge on any atom is 0.284 e. The fourth-order valence-corrected chi connectivity index (χ4v) is 4.62. The summed E-state index contributed by atoms with van der Waals surface area (Å²) in [5.41, 5.74) is 0.637. The highest BCUT2D eigenvalue weighted by Gasteiger charge is 2.40. The Labute approximate surface area is 161 Å². The summed E-state index contributed by atoms with van der Waals surface area (Å²) < 4.78 is 5.27. The average molecular weight is 386 g/mol. The van der Waals surface area contributed by atoms with E-state index in [0.717, 1.165) is 30.8 Å². The molecule has 1 aromatic heterocycles. The van der Waals surface area contributed by atoms with Gasteiger partial charge in [-0.15, -0.1) is 10.2 Å². The lowest BCUT2D eigenvalue weighted by atomic mass is 9.79. The number of benzene rings is 1. The normalized spacial score (nSPS) is 26.7. The molecule has 27 heavy (non-hydrogen) atoms. The van der Waals surface area contributed by atoms with Crippen molar-refractivity contribution in [2.75, 3.05) is 13.1 Å². The molecular weight excluding hydrogens is 364 g/mol. The molecule has 5 rings (SSSR count). The number of nitrogens with zero attached hydrogens (tertiary/aromatic N) is 3. The van der Waals surface area contributed by atoms with Crippen LogP contribution in [-0.4, -0.2) is 52.0 Å². The summed E-state index contributed by atoms with van der Waals surface area (Å²) in [4.78, 5) is 27.2. The molecule has 3 saturated heterocycles. The molecule has 0 radical (unpaired) electrons. The summed E-state index contributed by atoms with van der Waals surface area (Å²) in [6.07, 6.45) is 2.33. The van der Waals surface area contributed by atoms with Crippen LogP contribution in [0.3, 0.4) is 0 Å². The molecule has 7 nitrogen and oxygen atoms in total. The van der Waals surface area contributed by atoms with Gasteiger partial charge in [0.2, 0.25) is 5.78 Å². The smallest absolute Gasteiger partial charge is 0.284 e. The van der Waals surface area contributed by atoms with Gasteiger partial charge in [-0.1, -0.05) is 0 Å². The van der Waals surface area contributed by atoms with E-state index in [-0.39, 0.29) is 23.6 Å². The van der Waals surface area contributed by atoms with E-state index in [4.69, 9.17) is 4.42 Å².